The van der Waals surface area contributed by atoms with E-state index in [0.717, 1.165) is 43.0 Å². The summed E-state index contributed by atoms with van der Waals surface area (Å²) in [6, 6.07) is 5.69. The largest absolute Gasteiger partial charge is 0.447 e. The van der Waals surface area contributed by atoms with E-state index in [1.165, 1.54) is 12.5 Å². The molecule has 2 aromatic heterocycles. The molecule has 6 rings (SSSR count). The molecule has 11 heteroatoms. The fourth-order valence-corrected chi connectivity index (χ4v) is 5.77. The average molecular weight is 498 g/mol. The molecule has 1 saturated heterocycles. The first-order chi connectivity index (χ1) is 16.8. The van der Waals surface area contributed by atoms with Gasteiger partial charge in [-0.05, 0) is 50.5 Å². The zero-order valence-electron chi connectivity index (χ0n) is 19.5. The summed E-state index contributed by atoms with van der Waals surface area (Å²) in [5.41, 5.74) is 1.99. The lowest BCUT2D eigenvalue weighted by atomic mass is 9.57. The highest BCUT2D eigenvalue weighted by Gasteiger charge is 2.55. The molecule has 1 aliphatic carbocycles. The Morgan fingerprint density at radius 2 is 2.03 bits per heavy atom. The Kier molecular flexibility index (Phi) is 5.17. The lowest BCUT2D eigenvalue weighted by Gasteiger charge is -2.59. The second-order valence-corrected chi connectivity index (χ2v) is 10.5. The Hall–Kier alpha value is -3.27. The fraction of sp³-hybridized carbons (Fsp3) is 0.458. The number of benzene rings is 1. The van der Waals surface area contributed by atoms with E-state index in [1.54, 1.807) is 4.90 Å². The van der Waals surface area contributed by atoms with Gasteiger partial charge in [0.2, 0.25) is 0 Å². The smallest absolute Gasteiger partial charge is 0.410 e. The average Bonchev–Trinajstić information content (AvgIpc) is 3.07. The molecule has 9 nitrogen and oxygen atoms in total. The van der Waals surface area contributed by atoms with Gasteiger partial charge in [-0.2, -0.15) is 0 Å². The van der Waals surface area contributed by atoms with Crippen molar-refractivity contribution in [3.8, 4) is 5.69 Å². The maximum Gasteiger partial charge on any atom is 0.410 e. The van der Waals surface area contributed by atoms with Gasteiger partial charge < -0.3 is 9.64 Å². The number of hydrogen-bond acceptors (Lipinski definition) is 7. The van der Waals surface area contributed by atoms with Gasteiger partial charge >= 0.3 is 6.09 Å². The summed E-state index contributed by atoms with van der Waals surface area (Å²) in [6.07, 6.45) is 3.85. The molecule has 0 N–H and O–H groups in total. The molecule has 3 aromatic rings. The van der Waals surface area contributed by atoms with Crippen LogP contribution in [0.25, 0.3) is 5.69 Å². The summed E-state index contributed by atoms with van der Waals surface area (Å²) in [7, 11) is 0. The van der Waals surface area contributed by atoms with Crippen molar-refractivity contribution >= 4 is 23.5 Å². The van der Waals surface area contributed by atoms with Crippen molar-refractivity contribution in [2.45, 2.75) is 51.8 Å². The van der Waals surface area contributed by atoms with Crippen LogP contribution in [0.15, 0.2) is 30.7 Å². The van der Waals surface area contributed by atoms with Gasteiger partial charge in [-0.25, -0.2) is 19.2 Å². The van der Waals surface area contributed by atoms with Gasteiger partial charge in [0.25, 0.3) is 0 Å². The predicted octanol–water partition coefficient (Wildman–Crippen LogP) is 4.09. The number of nitrogens with zero attached hydrogens (tertiary/aromatic N) is 7. The van der Waals surface area contributed by atoms with Crippen LogP contribution < -0.4 is 4.90 Å². The topological polar surface area (TPSA) is 89.3 Å². The number of fused-ring (bicyclic) bond motifs is 3. The van der Waals surface area contributed by atoms with Gasteiger partial charge in [0.1, 0.15) is 12.2 Å². The second kappa shape index (κ2) is 8.15. The van der Waals surface area contributed by atoms with Crippen LogP contribution in [-0.2, 0) is 17.8 Å². The molecule has 0 unspecified atom stereocenters. The van der Waals surface area contributed by atoms with Crippen LogP contribution in [0, 0.1) is 11.2 Å². The predicted molar refractivity (Wildman–Crippen MR) is 126 cm³/mol. The van der Waals surface area contributed by atoms with Crippen molar-refractivity contribution in [3.05, 3.63) is 58.8 Å². The molecule has 1 aromatic carbocycles. The summed E-state index contributed by atoms with van der Waals surface area (Å²) in [4.78, 5) is 24.2. The Bertz CT molecular complexity index is 1300. The lowest BCUT2D eigenvalue weighted by Crippen LogP contribution is -2.62. The fourth-order valence-electron chi connectivity index (χ4n) is 5.57. The molecular weight excluding hydrogens is 473 g/mol. The number of amides is 1. The van der Waals surface area contributed by atoms with E-state index in [2.05, 4.69) is 24.7 Å². The molecule has 4 heterocycles. The maximum atomic E-state index is 14.1. The van der Waals surface area contributed by atoms with Crippen LogP contribution >= 0.6 is 11.6 Å². The van der Waals surface area contributed by atoms with Crippen molar-refractivity contribution in [3.63, 3.8) is 0 Å². The van der Waals surface area contributed by atoms with Crippen LogP contribution in [-0.4, -0.2) is 54.9 Å². The highest BCUT2D eigenvalue weighted by molar-refractivity contribution is 6.30. The van der Waals surface area contributed by atoms with Crippen molar-refractivity contribution in [2.75, 3.05) is 18.0 Å². The third-order valence-corrected chi connectivity index (χ3v) is 7.29. The van der Waals surface area contributed by atoms with E-state index in [-0.39, 0.29) is 17.4 Å². The van der Waals surface area contributed by atoms with Gasteiger partial charge in [0, 0.05) is 29.4 Å². The van der Waals surface area contributed by atoms with E-state index < -0.39 is 11.9 Å². The Morgan fingerprint density at radius 1 is 1.23 bits per heavy atom. The summed E-state index contributed by atoms with van der Waals surface area (Å²) in [6.45, 7) is 5.85. The minimum absolute atomic E-state index is 0.134. The standard InChI is InChI=1S/C24H25ClFN7O2/c1-14(2)35-23(34)31-9-15-5-17(25)3-4-19(15)33-20(10-31)29-30-21(33)16-6-24(7-16)11-32(12-24)22-18(26)8-27-13-28-22/h3-5,8,13-14,16H,6-7,9-12H2,1-2H3. The normalized spacial score (nSPS) is 18.5. The van der Waals surface area contributed by atoms with Crippen LogP contribution in [0.5, 0.6) is 0 Å². The molecule has 3 aliphatic rings. The van der Waals surface area contributed by atoms with Crippen molar-refractivity contribution in [2.24, 2.45) is 5.41 Å². The first-order valence-electron chi connectivity index (χ1n) is 11.7. The van der Waals surface area contributed by atoms with Crippen molar-refractivity contribution < 1.29 is 13.9 Å². The van der Waals surface area contributed by atoms with Crippen molar-refractivity contribution in [1.29, 1.82) is 0 Å². The molecule has 1 amide bonds. The molecule has 0 radical (unpaired) electrons. The van der Waals surface area contributed by atoms with Crippen molar-refractivity contribution in [1.82, 2.24) is 29.6 Å². The van der Waals surface area contributed by atoms with Crippen LogP contribution in [0.4, 0.5) is 15.0 Å². The minimum Gasteiger partial charge on any atom is -0.447 e. The molecule has 1 spiro atoms. The Morgan fingerprint density at radius 3 is 2.77 bits per heavy atom. The molecule has 0 bridgehead atoms. The number of rotatable bonds is 3. The first kappa shape index (κ1) is 22.2. The van der Waals surface area contributed by atoms with Crippen LogP contribution in [0.2, 0.25) is 5.02 Å². The highest BCUT2D eigenvalue weighted by Crippen LogP contribution is 2.56. The van der Waals surface area contributed by atoms with Gasteiger partial charge in [0.05, 0.1) is 31.1 Å². The monoisotopic (exact) mass is 497 g/mol. The van der Waals surface area contributed by atoms with Crippen LogP contribution in [0.3, 0.4) is 0 Å². The lowest BCUT2D eigenvalue weighted by molar-refractivity contribution is 0.0575. The summed E-state index contributed by atoms with van der Waals surface area (Å²) < 4.78 is 21.6. The molecule has 0 atom stereocenters. The third-order valence-electron chi connectivity index (χ3n) is 7.05. The van der Waals surface area contributed by atoms with Gasteiger partial charge in [0.15, 0.2) is 17.5 Å². The number of aromatic nitrogens is 5. The summed E-state index contributed by atoms with van der Waals surface area (Å²) >= 11 is 6.31. The Labute approximate surface area is 206 Å². The zero-order chi connectivity index (χ0) is 24.3. The third kappa shape index (κ3) is 3.80. The molecule has 2 aliphatic heterocycles. The maximum absolute atomic E-state index is 14.1. The number of carbonyl (C=O) groups is 1. The second-order valence-electron chi connectivity index (χ2n) is 10.0. The molecular formula is C24H25ClFN7O2. The number of hydrogen-bond donors (Lipinski definition) is 0. The molecule has 1 saturated carbocycles. The SMILES string of the molecule is CC(C)OC(=O)N1Cc2cc(Cl)ccc2-n2c(nnc2C2CC3(C2)CN(c2ncncc2F)C3)C1. The van der Waals surface area contributed by atoms with Gasteiger partial charge in [-0.15, -0.1) is 10.2 Å². The van der Waals surface area contributed by atoms with Crippen LogP contribution in [0.1, 0.15) is 49.8 Å². The summed E-state index contributed by atoms with van der Waals surface area (Å²) in [5.74, 6) is 1.79. The minimum atomic E-state index is -0.392. The van der Waals surface area contributed by atoms with E-state index >= 15 is 0 Å². The quantitative estimate of drug-likeness (QED) is 0.538. The Balaban J connectivity index is 1.25. The molecule has 2 fully saturated rings. The van der Waals surface area contributed by atoms with Gasteiger partial charge in [-0.3, -0.25) is 9.47 Å². The number of ether oxygens (including phenoxy) is 1. The van der Waals surface area contributed by atoms with E-state index in [4.69, 9.17) is 16.3 Å². The summed E-state index contributed by atoms with van der Waals surface area (Å²) in [5, 5.41) is 9.64. The molecule has 182 valence electrons. The van der Waals surface area contributed by atoms with E-state index in [9.17, 15) is 9.18 Å². The van der Waals surface area contributed by atoms with E-state index in [1.807, 2.05) is 36.9 Å². The highest BCUT2D eigenvalue weighted by atomic mass is 35.5. The number of halogens is 2. The first-order valence-corrected chi connectivity index (χ1v) is 12.1. The number of anilines is 1. The molecule has 35 heavy (non-hydrogen) atoms. The zero-order valence-corrected chi connectivity index (χ0v) is 20.2. The number of carbonyl (C=O) groups excluding carboxylic acids is 1. The van der Waals surface area contributed by atoms with Gasteiger partial charge in [-0.1, -0.05) is 11.6 Å². The van der Waals surface area contributed by atoms with E-state index in [0.29, 0.717) is 29.8 Å².